The van der Waals surface area contributed by atoms with Crippen LogP contribution in [0.3, 0.4) is 0 Å². The third-order valence-electron chi connectivity index (χ3n) is 1.61. The molecule has 1 amide bonds. The van der Waals surface area contributed by atoms with E-state index in [1.807, 2.05) is 6.92 Å². The molecule has 0 saturated carbocycles. The van der Waals surface area contributed by atoms with Gasteiger partial charge in [0.05, 0.1) is 0 Å². The third-order valence-corrected chi connectivity index (χ3v) is 2.12. The van der Waals surface area contributed by atoms with Crippen molar-refractivity contribution in [1.82, 2.24) is 14.8 Å². The molecule has 14 heavy (non-hydrogen) atoms. The summed E-state index contributed by atoms with van der Waals surface area (Å²) in [5, 5.41) is 10.0. The fourth-order valence-corrected chi connectivity index (χ4v) is 1.33. The first-order valence-corrected chi connectivity index (χ1v) is 5.16. The molecular formula is C7H13N5OS. The van der Waals surface area contributed by atoms with Crippen molar-refractivity contribution in [2.45, 2.75) is 32.2 Å². The first-order chi connectivity index (χ1) is 6.68. The van der Waals surface area contributed by atoms with Crippen molar-refractivity contribution in [3.05, 3.63) is 0 Å². The lowest BCUT2D eigenvalue weighted by atomic mass is 10.1. The molecule has 1 unspecified atom stereocenters. The van der Waals surface area contributed by atoms with E-state index in [0.29, 0.717) is 11.6 Å². The molecule has 0 spiro atoms. The second kappa shape index (κ2) is 5.61. The average Bonchev–Trinajstić information content (AvgIpc) is 2.56. The Hall–Kier alpha value is -1.08. The molecule has 78 valence electrons. The Morgan fingerprint density at radius 3 is 3.07 bits per heavy atom. The summed E-state index contributed by atoms with van der Waals surface area (Å²) in [6, 6.07) is 0.144. The summed E-state index contributed by atoms with van der Waals surface area (Å²) in [6.45, 7) is 1.92. The minimum atomic E-state index is -0.0656. The third kappa shape index (κ3) is 4.24. The number of nitrogens with one attached hydrogen (secondary N) is 1. The van der Waals surface area contributed by atoms with Gasteiger partial charge in [0, 0.05) is 24.0 Å². The second-order valence-electron chi connectivity index (χ2n) is 3.09. The number of carbonyl (C=O) groups is 1. The molecule has 1 heterocycles. The molecule has 0 bridgehead atoms. The maximum Gasteiger partial charge on any atom is 0.231 e. The SMILES string of the molecule is CC(N)CCCC(=O)Nc1nnns1. The van der Waals surface area contributed by atoms with Gasteiger partial charge in [0.2, 0.25) is 11.0 Å². The van der Waals surface area contributed by atoms with E-state index in [1.165, 1.54) is 0 Å². The summed E-state index contributed by atoms with van der Waals surface area (Å²) in [6.07, 6.45) is 2.10. The molecule has 1 atom stereocenters. The molecule has 1 rings (SSSR count). The van der Waals surface area contributed by atoms with Crippen LogP contribution in [0.15, 0.2) is 0 Å². The van der Waals surface area contributed by atoms with Gasteiger partial charge < -0.3 is 5.73 Å². The van der Waals surface area contributed by atoms with E-state index in [4.69, 9.17) is 5.73 Å². The van der Waals surface area contributed by atoms with Crippen molar-refractivity contribution < 1.29 is 4.79 Å². The predicted octanol–water partition coefficient (Wildman–Crippen LogP) is 0.389. The van der Waals surface area contributed by atoms with Crippen molar-refractivity contribution in [1.29, 1.82) is 0 Å². The van der Waals surface area contributed by atoms with Gasteiger partial charge in [0.1, 0.15) is 0 Å². The monoisotopic (exact) mass is 215 g/mol. The molecule has 0 aliphatic heterocycles. The number of carbonyl (C=O) groups excluding carboxylic acids is 1. The summed E-state index contributed by atoms with van der Waals surface area (Å²) in [7, 11) is 0. The summed E-state index contributed by atoms with van der Waals surface area (Å²) in [4.78, 5) is 11.3. The van der Waals surface area contributed by atoms with Gasteiger partial charge in [-0.1, -0.05) is 9.59 Å². The number of nitrogens with zero attached hydrogens (tertiary/aromatic N) is 3. The van der Waals surface area contributed by atoms with Gasteiger partial charge in [-0.15, -0.1) is 0 Å². The van der Waals surface area contributed by atoms with Crippen LogP contribution in [0.5, 0.6) is 0 Å². The number of rotatable bonds is 5. The van der Waals surface area contributed by atoms with Gasteiger partial charge in [-0.05, 0) is 25.0 Å². The molecule has 0 fully saturated rings. The van der Waals surface area contributed by atoms with Crippen LogP contribution in [0.25, 0.3) is 0 Å². The summed E-state index contributed by atoms with van der Waals surface area (Å²) in [5.41, 5.74) is 5.55. The fraction of sp³-hybridized carbons (Fsp3) is 0.714. The van der Waals surface area contributed by atoms with Gasteiger partial charge in [-0.25, -0.2) is 0 Å². The zero-order valence-corrected chi connectivity index (χ0v) is 8.75. The number of hydrogen-bond acceptors (Lipinski definition) is 6. The van der Waals surface area contributed by atoms with Crippen LogP contribution in [0.2, 0.25) is 0 Å². The number of aromatic nitrogens is 3. The zero-order chi connectivity index (χ0) is 10.4. The highest BCUT2D eigenvalue weighted by molar-refractivity contribution is 7.09. The van der Waals surface area contributed by atoms with Crippen molar-refractivity contribution in [2.75, 3.05) is 5.32 Å². The Balaban J connectivity index is 2.17. The van der Waals surface area contributed by atoms with Crippen LogP contribution in [-0.2, 0) is 4.79 Å². The van der Waals surface area contributed by atoms with Crippen molar-refractivity contribution in [3.63, 3.8) is 0 Å². The van der Waals surface area contributed by atoms with Crippen LogP contribution in [0.1, 0.15) is 26.2 Å². The Kier molecular flexibility index (Phi) is 4.41. The highest BCUT2D eigenvalue weighted by Crippen LogP contribution is 2.06. The Morgan fingerprint density at radius 1 is 1.71 bits per heavy atom. The van der Waals surface area contributed by atoms with Crippen LogP contribution >= 0.6 is 11.5 Å². The lowest BCUT2D eigenvalue weighted by molar-refractivity contribution is -0.116. The lowest BCUT2D eigenvalue weighted by Gasteiger charge is -2.03. The first-order valence-electron chi connectivity index (χ1n) is 4.39. The highest BCUT2D eigenvalue weighted by atomic mass is 32.1. The van der Waals surface area contributed by atoms with Crippen molar-refractivity contribution in [2.24, 2.45) is 5.73 Å². The Labute approximate surface area is 86.0 Å². The molecule has 6 nitrogen and oxygen atoms in total. The van der Waals surface area contributed by atoms with Gasteiger partial charge >= 0.3 is 0 Å². The molecule has 0 aliphatic rings. The maximum absolute atomic E-state index is 11.3. The van der Waals surface area contributed by atoms with E-state index < -0.39 is 0 Å². The van der Waals surface area contributed by atoms with E-state index in [-0.39, 0.29) is 11.9 Å². The topological polar surface area (TPSA) is 93.8 Å². The van der Waals surface area contributed by atoms with Crippen LogP contribution < -0.4 is 11.1 Å². The lowest BCUT2D eigenvalue weighted by Crippen LogP contribution is -2.16. The molecular weight excluding hydrogens is 202 g/mol. The number of hydrogen-bond donors (Lipinski definition) is 2. The Bertz CT molecular complexity index is 274. The van der Waals surface area contributed by atoms with Gasteiger partial charge in [0.15, 0.2) is 0 Å². The van der Waals surface area contributed by atoms with Crippen LogP contribution in [0.4, 0.5) is 5.13 Å². The van der Waals surface area contributed by atoms with E-state index in [1.54, 1.807) is 0 Å². The normalized spacial score (nSPS) is 12.4. The molecule has 0 radical (unpaired) electrons. The number of anilines is 1. The molecule has 1 aromatic heterocycles. The largest absolute Gasteiger partial charge is 0.328 e. The quantitative estimate of drug-likeness (QED) is 0.741. The van der Waals surface area contributed by atoms with E-state index >= 15 is 0 Å². The molecule has 0 aromatic carbocycles. The number of amides is 1. The van der Waals surface area contributed by atoms with Crippen molar-refractivity contribution >= 4 is 22.6 Å². The van der Waals surface area contributed by atoms with Crippen LogP contribution in [-0.4, -0.2) is 26.7 Å². The fourth-order valence-electron chi connectivity index (χ4n) is 0.948. The Morgan fingerprint density at radius 2 is 2.50 bits per heavy atom. The van der Waals surface area contributed by atoms with Crippen molar-refractivity contribution in [3.8, 4) is 0 Å². The summed E-state index contributed by atoms with van der Waals surface area (Å²) < 4.78 is 3.53. The van der Waals surface area contributed by atoms with E-state index in [9.17, 15) is 4.79 Å². The minimum Gasteiger partial charge on any atom is -0.328 e. The highest BCUT2D eigenvalue weighted by Gasteiger charge is 2.05. The van der Waals surface area contributed by atoms with Gasteiger partial charge in [0.25, 0.3) is 0 Å². The predicted molar refractivity (Wildman–Crippen MR) is 53.8 cm³/mol. The number of nitrogens with two attached hydrogens (primary N) is 1. The van der Waals surface area contributed by atoms with Gasteiger partial charge in [-0.2, -0.15) is 0 Å². The molecule has 1 aromatic rings. The van der Waals surface area contributed by atoms with E-state index in [0.717, 1.165) is 24.4 Å². The summed E-state index contributed by atoms with van der Waals surface area (Å²) in [5.74, 6) is -0.0656. The van der Waals surface area contributed by atoms with Gasteiger partial charge in [-0.3, -0.25) is 10.1 Å². The zero-order valence-electron chi connectivity index (χ0n) is 7.93. The standard InChI is InChI=1S/C7H13N5OS/c1-5(8)3-2-4-6(13)9-7-10-11-12-14-7/h5H,2-4,8H2,1H3,(H,9,10,12,13). The molecule has 0 aliphatic carbocycles. The summed E-state index contributed by atoms with van der Waals surface area (Å²) >= 11 is 1.06. The second-order valence-corrected chi connectivity index (χ2v) is 3.82. The molecule has 7 heteroatoms. The average molecular weight is 215 g/mol. The molecule has 3 N–H and O–H groups in total. The maximum atomic E-state index is 11.3. The van der Waals surface area contributed by atoms with Crippen LogP contribution in [0, 0.1) is 0 Å². The first kappa shape index (κ1) is 11.0. The smallest absolute Gasteiger partial charge is 0.231 e. The van der Waals surface area contributed by atoms with E-state index in [2.05, 4.69) is 20.1 Å². The minimum absolute atomic E-state index is 0.0656. The molecule has 0 saturated heterocycles.